The predicted molar refractivity (Wildman–Crippen MR) is 88.1 cm³/mol. The predicted octanol–water partition coefficient (Wildman–Crippen LogP) is 5.09. The van der Waals surface area contributed by atoms with E-state index in [1.807, 2.05) is 11.3 Å². The van der Waals surface area contributed by atoms with Crippen LogP contribution in [-0.4, -0.2) is 16.5 Å². The average molecular weight is 307 g/mol. The van der Waals surface area contributed by atoms with E-state index in [0.29, 0.717) is 11.8 Å². The lowest BCUT2D eigenvalue weighted by atomic mass is 10.2. The smallest absolute Gasteiger partial charge is 0.183 e. The normalized spacial score (nSPS) is 15.0. The van der Waals surface area contributed by atoms with Crippen molar-refractivity contribution in [3.63, 3.8) is 0 Å². The summed E-state index contributed by atoms with van der Waals surface area (Å²) in [6.07, 6.45) is 3.71. The van der Waals surface area contributed by atoms with Crippen molar-refractivity contribution in [1.29, 1.82) is 0 Å². The number of anilines is 1. The second-order valence-electron chi connectivity index (χ2n) is 5.66. The van der Waals surface area contributed by atoms with Crippen molar-refractivity contribution in [3.8, 4) is 10.6 Å². The van der Waals surface area contributed by atoms with Crippen molar-refractivity contribution >= 4 is 27.8 Å². The van der Waals surface area contributed by atoms with Gasteiger partial charge in [-0.2, -0.15) is 0 Å². The first-order chi connectivity index (χ1) is 9.69. The fourth-order valence-corrected chi connectivity index (χ4v) is 4.02. The molecular formula is C15H21N3S2. The van der Waals surface area contributed by atoms with E-state index in [9.17, 15) is 0 Å². The summed E-state index contributed by atoms with van der Waals surface area (Å²) < 4.78 is 0. The molecule has 0 spiro atoms. The zero-order valence-corrected chi connectivity index (χ0v) is 13.9. The summed E-state index contributed by atoms with van der Waals surface area (Å²) in [5.74, 6) is 1.19. The first kappa shape index (κ1) is 14.0. The molecule has 20 heavy (non-hydrogen) atoms. The summed E-state index contributed by atoms with van der Waals surface area (Å²) >= 11 is 3.53. The number of nitrogens with one attached hydrogen (secondary N) is 1. The quantitative estimate of drug-likeness (QED) is 0.807. The van der Waals surface area contributed by atoms with Crippen LogP contribution in [0.5, 0.6) is 0 Å². The molecule has 1 saturated carbocycles. The van der Waals surface area contributed by atoms with Crippen molar-refractivity contribution < 1.29 is 0 Å². The van der Waals surface area contributed by atoms with E-state index in [0.717, 1.165) is 23.8 Å². The Hall–Kier alpha value is -0.940. The fourth-order valence-electron chi connectivity index (χ4n) is 2.10. The van der Waals surface area contributed by atoms with Gasteiger partial charge in [-0.3, -0.25) is 0 Å². The molecule has 0 saturated heterocycles. The lowest BCUT2D eigenvalue weighted by Gasteiger charge is -1.98. The lowest BCUT2D eigenvalue weighted by Crippen LogP contribution is -1.98. The fraction of sp³-hybridized carbons (Fsp3) is 0.600. The van der Waals surface area contributed by atoms with E-state index in [1.54, 1.807) is 11.3 Å². The van der Waals surface area contributed by atoms with E-state index >= 15 is 0 Å². The van der Waals surface area contributed by atoms with Gasteiger partial charge >= 0.3 is 0 Å². The van der Waals surface area contributed by atoms with Gasteiger partial charge < -0.3 is 5.32 Å². The molecule has 3 rings (SSSR count). The van der Waals surface area contributed by atoms with E-state index in [4.69, 9.17) is 9.97 Å². The standard InChI is InChI=1S/C15H21N3S2/c1-4-7-16-15-17-11(8-19-15)13-12(10-5-6-10)18-14(20-13)9(2)3/h8-10H,4-7H2,1-3H3,(H,16,17). The van der Waals surface area contributed by atoms with Gasteiger partial charge in [0.05, 0.1) is 21.3 Å². The molecule has 5 heteroatoms. The average Bonchev–Trinajstić information content (AvgIpc) is 3.01. The van der Waals surface area contributed by atoms with Gasteiger partial charge in [0.15, 0.2) is 5.13 Å². The summed E-state index contributed by atoms with van der Waals surface area (Å²) in [5, 5.41) is 7.82. The van der Waals surface area contributed by atoms with Crippen LogP contribution in [0.1, 0.15) is 62.6 Å². The molecule has 3 nitrogen and oxygen atoms in total. The van der Waals surface area contributed by atoms with Crippen LogP contribution < -0.4 is 5.32 Å². The van der Waals surface area contributed by atoms with Crippen molar-refractivity contribution in [2.45, 2.75) is 51.9 Å². The molecule has 0 radical (unpaired) electrons. The molecule has 2 heterocycles. The molecule has 0 aliphatic heterocycles. The molecule has 2 aromatic heterocycles. The molecule has 0 atom stereocenters. The third-order valence-electron chi connectivity index (χ3n) is 3.39. The number of hydrogen-bond acceptors (Lipinski definition) is 5. The topological polar surface area (TPSA) is 37.8 Å². The zero-order valence-electron chi connectivity index (χ0n) is 12.3. The maximum Gasteiger partial charge on any atom is 0.183 e. The van der Waals surface area contributed by atoms with Gasteiger partial charge in [-0.15, -0.1) is 22.7 Å². The second kappa shape index (κ2) is 5.82. The molecule has 0 unspecified atom stereocenters. The maximum absolute atomic E-state index is 4.88. The number of hydrogen-bond donors (Lipinski definition) is 1. The second-order valence-corrected chi connectivity index (χ2v) is 7.55. The highest BCUT2D eigenvalue weighted by Gasteiger charge is 2.31. The molecule has 1 fully saturated rings. The van der Waals surface area contributed by atoms with Crippen LogP contribution in [-0.2, 0) is 0 Å². The van der Waals surface area contributed by atoms with Crippen LogP contribution in [0.3, 0.4) is 0 Å². The lowest BCUT2D eigenvalue weighted by molar-refractivity contribution is 0.839. The monoisotopic (exact) mass is 307 g/mol. The van der Waals surface area contributed by atoms with Crippen molar-refractivity contribution in [1.82, 2.24) is 9.97 Å². The molecule has 2 aromatic rings. The molecule has 108 valence electrons. The highest BCUT2D eigenvalue weighted by Crippen LogP contribution is 2.47. The Morgan fingerprint density at radius 2 is 2.15 bits per heavy atom. The third kappa shape index (κ3) is 2.88. The summed E-state index contributed by atoms with van der Waals surface area (Å²) in [5.41, 5.74) is 2.41. The Kier molecular flexibility index (Phi) is 4.08. The minimum Gasteiger partial charge on any atom is -0.362 e. The molecule has 0 bridgehead atoms. The van der Waals surface area contributed by atoms with Gasteiger partial charge in [-0.05, 0) is 19.3 Å². The van der Waals surface area contributed by atoms with E-state index < -0.39 is 0 Å². The summed E-state index contributed by atoms with van der Waals surface area (Å²) in [6, 6.07) is 0. The minimum atomic E-state index is 0.502. The number of aromatic nitrogens is 2. The molecule has 1 aliphatic rings. The number of nitrogens with zero attached hydrogens (tertiary/aromatic N) is 2. The first-order valence-electron chi connectivity index (χ1n) is 7.39. The van der Waals surface area contributed by atoms with Gasteiger partial charge in [0.1, 0.15) is 0 Å². The van der Waals surface area contributed by atoms with Crippen molar-refractivity contribution in [3.05, 3.63) is 16.1 Å². The molecule has 1 N–H and O–H groups in total. The number of thiazole rings is 2. The molecular weight excluding hydrogens is 286 g/mol. The van der Waals surface area contributed by atoms with Crippen LogP contribution in [0.25, 0.3) is 10.6 Å². The Morgan fingerprint density at radius 1 is 1.35 bits per heavy atom. The van der Waals surface area contributed by atoms with Crippen LogP contribution in [0.15, 0.2) is 5.38 Å². The Labute approximate surface area is 128 Å². The van der Waals surface area contributed by atoms with Gasteiger partial charge in [0, 0.05) is 23.8 Å². The first-order valence-corrected chi connectivity index (χ1v) is 9.09. The van der Waals surface area contributed by atoms with Crippen molar-refractivity contribution in [2.24, 2.45) is 0 Å². The van der Waals surface area contributed by atoms with Crippen LogP contribution in [0.2, 0.25) is 0 Å². The zero-order chi connectivity index (χ0) is 14.1. The molecule has 1 aliphatic carbocycles. The van der Waals surface area contributed by atoms with Crippen LogP contribution in [0.4, 0.5) is 5.13 Å². The maximum atomic E-state index is 4.88. The third-order valence-corrected chi connectivity index (χ3v) is 5.59. The van der Waals surface area contributed by atoms with Crippen molar-refractivity contribution in [2.75, 3.05) is 11.9 Å². The Balaban J connectivity index is 1.90. The van der Waals surface area contributed by atoms with E-state index in [2.05, 4.69) is 31.5 Å². The molecule has 0 aromatic carbocycles. The molecule has 0 amide bonds. The van der Waals surface area contributed by atoms with Gasteiger partial charge in [-0.25, -0.2) is 9.97 Å². The highest BCUT2D eigenvalue weighted by atomic mass is 32.1. The largest absolute Gasteiger partial charge is 0.362 e. The number of rotatable bonds is 6. The Morgan fingerprint density at radius 3 is 2.80 bits per heavy atom. The Bertz CT molecular complexity index is 582. The van der Waals surface area contributed by atoms with Gasteiger partial charge in [0.2, 0.25) is 0 Å². The summed E-state index contributed by atoms with van der Waals surface area (Å²) in [4.78, 5) is 10.9. The van der Waals surface area contributed by atoms with Crippen LogP contribution in [0, 0.1) is 0 Å². The SMILES string of the molecule is CCCNc1nc(-c2sc(C(C)C)nc2C2CC2)cs1. The van der Waals surface area contributed by atoms with E-state index in [1.165, 1.54) is 28.4 Å². The highest BCUT2D eigenvalue weighted by molar-refractivity contribution is 7.17. The minimum absolute atomic E-state index is 0.502. The summed E-state index contributed by atoms with van der Waals surface area (Å²) in [6.45, 7) is 7.59. The van der Waals surface area contributed by atoms with Crippen LogP contribution >= 0.6 is 22.7 Å². The van der Waals surface area contributed by atoms with Gasteiger partial charge in [0.25, 0.3) is 0 Å². The summed E-state index contributed by atoms with van der Waals surface area (Å²) in [7, 11) is 0. The van der Waals surface area contributed by atoms with E-state index in [-0.39, 0.29) is 0 Å². The van der Waals surface area contributed by atoms with Gasteiger partial charge in [-0.1, -0.05) is 20.8 Å².